The van der Waals surface area contributed by atoms with Gasteiger partial charge < -0.3 is 10.2 Å². The summed E-state index contributed by atoms with van der Waals surface area (Å²) in [5.41, 5.74) is 1.78. The van der Waals surface area contributed by atoms with E-state index in [2.05, 4.69) is 28.8 Å². The number of amides is 1. The molecule has 1 saturated heterocycles. The number of rotatable bonds is 5. The van der Waals surface area contributed by atoms with E-state index >= 15 is 0 Å². The molecule has 1 aliphatic rings. The van der Waals surface area contributed by atoms with Crippen molar-refractivity contribution in [3.63, 3.8) is 0 Å². The monoisotopic (exact) mass is 273 g/mol. The summed E-state index contributed by atoms with van der Waals surface area (Å²) in [5, 5.41) is 2.78. The molecule has 0 aliphatic carbocycles. The fourth-order valence-electron chi connectivity index (χ4n) is 2.76. The Bertz CT molecular complexity index is 473. The maximum atomic E-state index is 11.9. The molecular formula is C16H23N3O. The standard InChI is InChI=1S/C16H23N3O/c1-3-6-18-16(20)15-9-14(10-17-11-15)8-13-5-4-7-19(2)12-13/h3,9-11,13H,1,4-8,12H2,2H3,(H,18,20). The topological polar surface area (TPSA) is 45.2 Å². The van der Waals surface area contributed by atoms with Crippen LogP contribution in [0.5, 0.6) is 0 Å². The summed E-state index contributed by atoms with van der Waals surface area (Å²) >= 11 is 0. The Morgan fingerprint density at radius 1 is 1.60 bits per heavy atom. The van der Waals surface area contributed by atoms with Crippen LogP contribution in [0.3, 0.4) is 0 Å². The van der Waals surface area contributed by atoms with E-state index in [9.17, 15) is 4.79 Å². The second-order valence-corrected chi connectivity index (χ2v) is 5.56. The molecule has 0 saturated carbocycles. The Morgan fingerprint density at radius 2 is 2.45 bits per heavy atom. The van der Waals surface area contributed by atoms with Crippen LogP contribution in [0.2, 0.25) is 0 Å². The third kappa shape index (κ3) is 4.17. The zero-order chi connectivity index (χ0) is 14.4. The third-order valence-corrected chi connectivity index (χ3v) is 3.71. The number of pyridine rings is 1. The third-order valence-electron chi connectivity index (χ3n) is 3.71. The van der Waals surface area contributed by atoms with Gasteiger partial charge in [0.25, 0.3) is 5.91 Å². The zero-order valence-corrected chi connectivity index (χ0v) is 12.1. The molecule has 0 radical (unpaired) electrons. The molecule has 108 valence electrons. The van der Waals surface area contributed by atoms with Gasteiger partial charge in [0.2, 0.25) is 0 Å². The van der Waals surface area contributed by atoms with Gasteiger partial charge in [-0.15, -0.1) is 6.58 Å². The fraction of sp³-hybridized carbons (Fsp3) is 0.500. The number of aromatic nitrogens is 1. The lowest BCUT2D eigenvalue weighted by Crippen LogP contribution is -2.33. The molecule has 1 aliphatic heterocycles. The van der Waals surface area contributed by atoms with Crippen LogP contribution in [0.4, 0.5) is 0 Å². The van der Waals surface area contributed by atoms with Crippen molar-refractivity contribution >= 4 is 5.91 Å². The summed E-state index contributed by atoms with van der Waals surface area (Å²) in [6, 6.07) is 1.96. The molecule has 1 atom stereocenters. The highest BCUT2D eigenvalue weighted by atomic mass is 16.1. The first kappa shape index (κ1) is 14.7. The van der Waals surface area contributed by atoms with Crippen LogP contribution in [-0.4, -0.2) is 42.5 Å². The number of nitrogens with zero attached hydrogens (tertiary/aromatic N) is 2. The predicted octanol–water partition coefficient (Wildman–Crippen LogP) is 1.88. The van der Waals surface area contributed by atoms with Crippen molar-refractivity contribution in [1.29, 1.82) is 0 Å². The number of carbonyl (C=O) groups is 1. The molecule has 1 fully saturated rings. The molecule has 1 amide bonds. The van der Waals surface area contributed by atoms with Crippen molar-refractivity contribution in [1.82, 2.24) is 15.2 Å². The molecule has 2 rings (SSSR count). The predicted molar refractivity (Wildman–Crippen MR) is 80.7 cm³/mol. The Hall–Kier alpha value is -1.68. The van der Waals surface area contributed by atoms with E-state index in [1.807, 2.05) is 12.3 Å². The lowest BCUT2D eigenvalue weighted by atomic mass is 9.92. The molecule has 4 heteroatoms. The minimum absolute atomic E-state index is 0.0833. The van der Waals surface area contributed by atoms with Gasteiger partial charge in [0.15, 0.2) is 0 Å². The van der Waals surface area contributed by atoms with Crippen molar-refractivity contribution in [3.05, 3.63) is 42.2 Å². The Kier molecular flexibility index (Phi) is 5.30. The van der Waals surface area contributed by atoms with Crippen LogP contribution in [0.25, 0.3) is 0 Å². The summed E-state index contributed by atoms with van der Waals surface area (Å²) in [4.78, 5) is 18.5. The first-order chi connectivity index (χ1) is 9.69. The maximum absolute atomic E-state index is 11.9. The highest BCUT2D eigenvalue weighted by Crippen LogP contribution is 2.19. The molecule has 1 aromatic heterocycles. The van der Waals surface area contributed by atoms with Crippen LogP contribution in [0.1, 0.15) is 28.8 Å². The largest absolute Gasteiger partial charge is 0.349 e. The van der Waals surface area contributed by atoms with Crippen LogP contribution < -0.4 is 5.32 Å². The van der Waals surface area contributed by atoms with Gasteiger partial charge in [0.1, 0.15) is 0 Å². The minimum atomic E-state index is -0.0833. The number of piperidine rings is 1. The van der Waals surface area contributed by atoms with Crippen LogP contribution in [-0.2, 0) is 6.42 Å². The van der Waals surface area contributed by atoms with E-state index in [4.69, 9.17) is 0 Å². The Morgan fingerprint density at radius 3 is 3.20 bits per heavy atom. The number of hydrogen-bond donors (Lipinski definition) is 1. The quantitative estimate of drug-likeness (QED) is 0.833. The fourth-order valence-corrected chi connectivity index (χ4v) is 2.76. The molecule has 20 heavy (non-hydrogen) atoms. The van der Waals surface area contributed by atoms with E-state index in [1.54, 1.807) is 12.3 Å². The van der Waals surface area contributed by atoms with E-state index in [1.165, 1.54) is 19.4 Å². The second kappa shape index (κ2) is 7.20. The molecule has 4 nitrogen and oxygen atoms in total. The summed E-state index contributed by atoms with van der Waals surface area (Å²) in [6.45, 7) is 6.40. The second-order valence-electron chi connectivity index (χ2n) is 5.56. The average molecular weight is 273 g/mol. The zero-order valence-electron chi connectivity index (χ0n) is 12.1. The molecule has 0 aromatic carbocycles. The van der Waals surface area contributed by atoms with E-state index in [0.29, 0.717) is 18.0 Å². The molecular weight excluding hydrogens is 250 g/mol. The number of likely N-dealkylation sites (tertiary alicyclic amines) is 1. The van der Waals surface area contributed by atoms with Crippen molar-refractivity contribution in [2.24, 2.45) is 5.92 Å². The Labute approximate surface area is 120 Å². The highest BCUT2D eigenvalue weighted by molar-refractivity contribution is 5.94. The van der Waals surface area contributed by atoms with E-state index in [-0.39, 0.29) is 5.91 Å². The molecule has 0 bridgehead atoms. The van der Waals surface area contributed by atoms with Crippen molar-refractivity contribution in [2.45, 2.75) is 19.3 Å². The summed E-state index contributed by atoms with van der Waals surface area (Å²) in [7, 11) is 2.17. The van der Waals surface area contributed by atoms with Gasteiger partial charge in [-0.3, -0.25) is 9.78 Å². The number of carbonyl (C=O) groups excluding carboxylic acids is 1. The van der Waals surface area contributed by atoms with Crippen molar-refractivity contribution in [2.75, 3.05) is 26.7 Å². The van der Waals surface area contributed by atoms with Crippen molar-refractivity contribution in [3.8, 4) is 0 Å². The molecule has 1 unspecified atom stereocenters. The normalized spacial score (nSPS) is 19.6. The van der Waals surface area contributed by atoms with Crippen LogP contribution in [0.15, 0.2) is 31.1 Å². The van der Waals surface area contributed by atoms with Gasteiger partial charge in [0, 0.05) is 25.5 Å². The first-order valence-corrected chi connectivity index (χ1v) is 7.20. The SMILES string of the molecule is C=CCNC(=O)c1cncc(CC2CCCN(C)C2)c1. The van der Waals surface area contributed by atoms with Gasteiger partial charge in [-0.05, 0) is 50.4 Å². The Balaban J connectivity index is 1.98. The van der Waals surface area contributed by atoms with E-state index < -0.39 is 0 Å². The molecule has 1 N–H and O–H groups in total. The summed E-state index contributed by atoms with van der Waals surface area (Å²) < 4.78 is 0. The van der Waals surface area contributed by atoms with Gasteiger partial charge >= 0.3 is 0 Å². The van der Waals surface area contributed by atoms with Gasteiger partial charge in [-0.1, -0.05) is 6.08 Å². The van der Waals surface area contributed by atoms with Gasteiger partial charge in [0.05, 0.1) is 5.56 Å². The molecule has 2 heterocycles. The van der Waals surface area contributed by atoms with Crippen LogP contribution in [0, 0.1) is 5.92 Å². The van der Waals surface area contributed by atoms with Gasteiger partial charge in [-0.25, -0.2) is 0 Å². The maximum Gasteiger partial charge on any atom is 0.253 e. The van der Waals surface area contributed by atoms with Crippen molar-refractivity contribution < 1.29 is 4.79 Å². The number of hydrogen-bond acceptors (Lipinski definition) is 3. The average Bonchev–Trinajstić information content (AvgIpc) is 2.45. The molecule has 1 aromatic rings. The first-order valence-electron chi connectivity index (χ1n) is 7.20. The van der Waals surface area contributed by atoms with Gasteiger partial charge in [-0.2, -0.15) is 0 Å². The highest BCUT2D eigenvalue weighted by Gasteiger charge is 2.18. The summed E-state index contributed by atoms with van der Waals surface area (Å²) in [6.07, 6.45) is 8.69. The smallest absolute Gasteiger partial charge is 0.253 e. The lowest BCUT2D eigenvalue weighted by molar-refractivity contribution is 0.0957. The minimum Gasteiger partial charge on any atom is -0.349 e. The lowest BCUT2D eigenvalue weighted by Gasteiger charge is -2.29. The summed E-state index contributed by atoms with van der Waals surface area (Å²) in [5.74, 6) is 0.585. The molecule has 0 spiro atoms. The van der Waals surface area contributed by atoms with E-state index in [0.717, 1.165) is 18.5 Å². The number of nitrogens with one attached hydrogen (secondary N) is 1. The van der Waals surface area contributed by atoms with Crippen LogP contribution >= 0.6 is 0 Å².